The Morgan fingerprint density at radius 2 is 0.990 bits per heavy atom. The van der Waals surface area contributed by atoms with E-state index in [1.807, 2.05) is 41.5 Å². The Hall–Kier alpha value is -7.27. The number of amides is 13. The summed E-state index contributed by atoms with van der Waals surface area (Å²) in [5, 5.41) is 21.8. The Kier molecular flexibility index (Phi) is 39.5. The summed E-state index contributed by atoms with van der Waals surface area (Å²) in [7, 11) is 5.50. The molecule has 30 heteroatoms. The van der Waals surface area contributed by atoms with E-state index < -0.39 is 203 Å². The molecule has 100 heavy (non-hydrogen) atoms. The van der Waals surface area contributed by atoms with Gasteiger partial charge >= 0.3 is 5.97 Å². The van der Waals surface area contributed by atoms with Gasteiger partial charge in [0.15, 0.2) is 0 Å². The van der Waals surface area contributed by atoms with E-state index >= 15 is 0 Å². The van der Waals surface area contributed by atoms with Crippen LogP contribution >= 0.6 is 0 Å². The van der Waals surface area contributed by atoms with E-state index in [2.05, 4.69) is 42.5 Å². The summed E-state index contributed by atoms with van der Waals surface area (Å²) in [6, 6.07) is -12.4. The average Bonchev–Trinajstić information content (AvgIpc) is 0.833. The maximum atomic E-state index is 14.8. The summed E-state index contributed by atoms with van der Waals surface area (Å²) in [5.74, 6) is -13.1. The van der Waals surface area contributed by atoms with Crippen molar-refractivity contribution in [3.8, 4) is 0 Å². The molecule has 1 unspecified atom stereocenters. The zero-order valence-corrected chi connectivity index (χ0v) is 65.2. The third-order valence-electron chi connectivity index (χ3n) is 18.5. The first kappa shape index (κ1) is 90.7. The highest BCUT2D eigenvalue weighted by Gasteiger charge is 2.44. The molecule has 0 aromatic rings. The fraction of sp³-hybridized carbons (Fsp3) is 0.800. The predicted octanol–water partition coefficient (Wildman–Crippen LogP) is 2.00. The van der Waals surface area contributed by atoms with Crippen LogP contribution in [0.4, 0.5) is 0 Å². The van der Waals surface area contributed by atoms with Gasteiger partial charge in [-0.1, -0.05) is 130 Å². The van der Waals surface area contributed by atoms with Crippen LogP contribution in [0.2, 0.25) is 0 Å². The van der Waals surface area contributed by atoms with Gasteiger partial charge < -0.3 is 71.8 Å². The van der Waals surface area contributed by atoms with Gasteiger partial charge in [-0.3, -0.25) is 66.5 Å². The first-order chi connectivity index (χ1) is 46.4. The lowest BCUT2D eigenvalue weighted by atomic mass is 9.94. The maximum absolute atomic E-state index is 14.8. The Bertz CT molecular complexity index is 2820. The maximum Gasteiger partial charge on any atom is 0.329 e. The molecule has 1 aliphatic rings. The molecule has 0 aliphatic carbocycles. The number of rotatable bonds is 21. The van der Waals surface area contributed by atoms with Gasteiger partial charge in [0.1, 0.15) is 72.3 Å². The number of nitrogens with zero attached hydrogens (tertiary/aromatic N) is 5. The molecule has 0 radical (unpaired) electrons. The minimum absolute atomic E-state index is 0.0340. The molecule has 1 saturated heterocycles. The Morgan fingerprint density at radius 3 is 1.42 bits per heavy atom. The molecule has 0 spiro atoms. The normalized spacial score (nSPS) is 25.0. The van der Waals surface area contributed by atoms with E-state index in [0.29, 0.717) is 19.3 Å². The number of likely N-dealkylation sites (N-methyl/N-ethyl adjacent to an activating group) is 5. The molecule has 0 aromatic carbocycles. The van der Waals surface area contributed by atoms with Crippen LogP contribution in [-0.2, 0) is 82.7 Å². The summed E-state index contributed by atoms with van der Waals surface area (Å²) in [6.45, 7) is 30.5. The minimum atomic E-state index is -1.75. The van der Waals surface area contributed by atoms with E-state index in [1.54, 1.807) is 69.2 Å². The number of ether oxygens (including phenoxy) is 1. The van der Waals surface area contributed by atoms with Crippen molar-refractivity contribution in [2.45, 2.75) is 249 Å². The van der Waals surface area contributed by atoms with Crippen molar-refractivity contribution in [2.24, 2.45) is 47.3 Å². The van der Waals surface area contributed by atoms with Crippen LogP contribution in [0, 0.1) is 47.3 Å². The lowest BCUT2D eigenvalue weighted by Crippen LogP contribution is -2.61. The number of carbonyl (C=O) groups is 14. The third kappa shape index (κ3) is 28.3. The topological polar surface area (TPSA) is 378 Å². The SMILES string of the molecule is CC[C@@H](C)[C@H]1NC(=O)CCNC(=O)[C@H]([C@@H](C)CC)N(C)C(=O)[C@@H](CC(C)C)NC(=O)CCNC(=O)[C@@H](NC(=O)[C@@H](CC(C)C)N(C)C(=O)[C@@H](NC(=O)CS(C)=O)C(C)C)[C@@H](C)OC(=O)[C@@H]([C@@H](C)CC)N(C)C(=O)[C@@H](CC(C)C)NC(=O)CCNC(=O)[C@H](C)N(C)C(=O)[C@H](C(C)C)N(C)C1=O. The minimum Gasteiger partial charge on any atom is -0.458 e. The Balaban J connectivity index is 4.19. The molecule has 13 amide bonds. The fourth-order valence-corrected chi connectivity index (χ4v) is 12.3. The number of hydrogen-bond acceptors (Lipinski definition) is 16. The lowest BCUT2D eigenvalue weighted by Gasteiger charge is -2.37. The number of carbonyl (C=O) groups excluding carboxylic acids is 14. The van der Waals surface area contributed by atoms with Crippen LogP contribution < -0.4 is 42.5 Å². The van der Waals surface area contributed by atoms with Crippen molar-refractivity contribution in [3.05, 3.63) is 0 Å². The highest BCUT2D eigenvalue weighted by molar-refractivity contribution is 7.85. The van der Waals surface area contributed by atoms with Crippen molar-refractivity contribution in [1.82, 2.24) is 67.0 Å². The first-order valence-corrected chi connectivity index (χ1v) is 37.3. The van der Waals surface area contributed by atoms with Crippen molar-refractivity contribution in [1.29, 1.82) is 0 Å². The van der Waals surface area contributed by atoms with Crippen LogP contribution in [0.5, 0.6) is 0 Å². The molecule has 572 valence electrons. The molecule has 1 aliphatic heterocycles. The molecule has 0 saturated carbocycles. The standard InChI is InChI=1S/C70H125N13O16S/c1-25-43(14)56-68(95)81(21)58(42(12)13)69(96)79(19)46(17)61(88)71-31-28-51(84)75-49(35-39(6)7)66(93)83(23)60(45(16)27-3)70(97)99-47(18)57(78-62(89)50(36-40(8)9)80(20)67(94)55(41(10)11)77-54(87)37-100(24)98)63(90)72-32-29-52(85)74-48(34-38(4)5)65(92)82(22)59(44(15)26-2)64(91)73-33-30-53(86)76-56/h38-50,55-60H,25-37H2,1-24H3,(H,71,88)(H,72,90)(H,73,91)(H,74,85)(H,75,84)(H,76,86)(H,77,87)(H,78,89)/t43-,44+,45+,46+,47-,48-,49-,50-,55+,56-,57+,58+,59+,60-,100?/m1/s1. The van der Waals surface area contributed by atoms with Crippen molar-refractivity contribution in [2.75, 3.05) is 66.9 Å². The van der Waals surface area contributed by atoms with Crippen molar-refractivity contribution in [3.63, 3.8) is 0 Å². The van der Waals surface area contributed by atoms with Gasteiger partial charge in [0.05, 0.1) is 0 Å². The monoisotopic (exact) mass is 1440 g/mol. The van der Waals surface area contributed by atoms with Gasteiger partial charge in [0, 0.05) is 91.2 Å². The second kappa shape index (κ2) is 43.5. The Labute approximate surface area is 597 Å². The largest absolute Gasteiger partial charge is 0.458 e. The zero-order chi connectivity index (χ0) is 77.1. The first-order valence-electron chi connectivity index (χ1n) is 35.6. The second-order valence-electron chi connectivity index (χ2n) is 29.1. The van der Waals surface area contributed by atoms with Gasteiger partial charge in [-0.2, -0.15) is 0 Å². The summed E-state index contributed by atoms with van der Waals surface area (Å²) in [5.41, 5.74) is 0. The van der Waals surface area contributed by atoms with E-state index in [9.17, 15) is 71.3 Å². The lowest BCUT2D eigenvalue weighted by molar-refractivity contribution is -0.163. The molecule has 29 nitrogen and oxygen atoms in total. The van der Waals surface area contributed by atoms with Gasteiger partial charge in [-0.15, -0.1) is 0 Å². The van der Waals surface area contributed by atoms with Crippen molar-refractivity contribution >= 4 is 93.6 Å². The van der Waals surface area contributed by atoms with Gasteiger partial charge in [-0.05, 0) is 80.5 Å². The third-order valence-corrected chi connectivity index (χ3v) is 19.2. The molecule has 1 fully saturated rings. The van der Waals surface area contributed by atoms with Crippen LogP contribution in [0.15, 0.2) is 0 Å². The second-order valence-corrected chi connectivity index (χ2v) is 30.5. The van der Waals surface area contributed by atoms with Gasteiger partial charge in [-0.25, -0.2) is 4.79 Å². The highest BCUT2D eigenvalue weighted by atomic mass is 32.2. The molecular weight excluding hydrogens is 1310 g/mol. The molecule has 1 rings (SSSR count). The van der Waals surface area contributed by atoms with Crippen LogP contribution in [0.25, 0.3) is 0 Å². The number of esters is 1. The molecule has 8 N–H and O–H groups in total. The van der Waals surface area contributed by atoms with Crippen LogP contribution in [0.1, 0.15) is 182 Å². The van der Waals surface area contributed by atoms with E-state index in [4.69, 9.17) is 4.74 Å². The molecule has 0 aromatic heterocycles. The molecule has 15 atom stereocenters. The predicted molar refractivity (Wildman–Crippen MR) is 382 cm³/mol. The highest BCUT2D eigenvalue weighted by Crippen LogP contribution is 2.24. The van der Waals surface area contributed by atoms with E-state index in [-0.39, 0.29) is 68.7 Å². The van der Waals surface area contributed by atoms with Gasteiger partial charge in [0.2, 0.25) is 76.8 Å². The fourth-order valence-electron chi connectivity index (χ4n) is 11.9. The number of cyclic esters (lactones) is 1. The quantitative estimate of drug-likeness (QED) is 0.0762. The Morgan fingerprint density at radius 1 is 0.560 bits per heavy atom. The molecular formula is C70H125N13O16S. The zero-order valence-electron chi connectivity index (χ0n) is 64.3. The van der Waals surface area contributed by atoms with E-state index in [1.165, 1.54) is 70.0 Å². The number of hydrogen-bond donors (Lipinski definition) is 8. The smallest absolute Gasteiger partial charge is 0.329 e. The summed E-state index contributed by atoms with van der Waals surface area (Å²) >= 11 is 0. The van der Waals surface area contributed by atoms with Crippen LogP contribution in [-0.4, -0.2) is 245 Å². The summed E-state index contributed by atoms with van der Waals surface area (Å²) in [4.78, 5) is 205. The van der Waals surface area contributed by atoms with Crippen LogP contribution in [0.3, 0.4) is 0 Å². The van der Waals surface area contributed by atoms with E-state index in [0.717, 1.165) is 9.80 Å². The molecule has 0 bridgehead atoms. The number of nitrogens with one attached hydrogen (secondary N) is 8. The average molecular weight is 1440 g/mol. The summed E-state index contributed by atoms with van der Waals surface area (Å²) < 4.78 is 18.1. The van der Waals surface area contributed by atoms with Gasteiger partial charge in [0.25, 0.3) is 0 Å². The summed E-state index contributed by atoms with van der Waals surface area (Å²) in [6.07, 6.45) is 0.252. The van der Waals surface area contributed by atoms with Crippen molar-refractivity contribution < 1.29 is 76.1 Å². The molecule has 1 heterocycles.